The van der Waals surface area contributed by atoms with Crippen molar-refractivity contribution in [3.63, 3.8) is 0 Å². The number of hydrogen-bond acceptors (Lipinski definition) is 1. The van der Waals surface area contributed by atoms with Crippen LogP contribution in [0.1, 0.15) is 30.9 Å². The lowest BCUT2D eigenvalue weighted by molar-refractivity contribution is 0.197. The normalized spacial score (nSPS) is 16.1. The fraction of sp³-hybridized carbons (Fsp3) is 0.500. The summed E-state index contributed by atoms with van der Waals surface area (Å²) in [6, 6.07) is 8.70. The lowest BCUT2D eigenvalue weighted by Crippen LogP contribution is -2.28. The van der Waals surface area contributed by atoms with Gasteiger partial charge in [0, 0.05) is 26.7 Å². The zero-order valence-electron chi connectivity index (χ0n) is 10.8. The van der Waals surface area contributed by atoms with Crippen LogP contribution in [0.2, 0.25) is 0 Å². The monoisotopic (exact) mass is 232 g/mol. The maximum absolute atomic E-state index is 11.7. The molecule has 1 aromatic rings. The average Bonchev–Trinajstić information content (AvgIpc) is 2.62. The van der Waals surface area contributed by atoms with Gasteiger partial charge in [0.1, 0.15) is 0 Å². The first kappa shape index (κ1) is 12.0. The summed E-state index contributed by atoms with van der Waals surface area (Å²) in [6.45, 7) is 6.77. The third-order valence-corrected chi connectivity index (χ3v) is 3.32. The summed E-state index contributed by atoms with van der Waals surface area (Å²) in [6.07, 6.45) is 0. The second kappa shape index (κ2) is 4.78. The average molecular weight is 232 g/mol. The number of carbonyl (C=O) groups is 1. The van der Waals surface area contributed by atoms with Crippen molar-refractivity contribution in [3.05, 3.63) is 35.4 Å². The van der Waals surface area contributed by atoms with E-state index in [4.69, 9.17) is 0 Å². The molecule has 0 atom stereocenters. The summed E-state index contributed by atoms with van der Waals surface area (Å²) in [4.78, 5) is 15.4. The minimum absolute atomic E-state index is 0.137. The van der Waals surface area contributed by atoms with Gasteiger partial charge in [-0.1, -0.05) is 38.1 Å². The predicted molar refractivity (Wildman–Crippen MR) is 69.0 cm³/mol. The van der Waals surface area contributed by atoms with Crippen LogP contribution in [0, 0.1) is 0 Å². The summed E-state index contributed by atoms with van der Waals surface area (Å²) < 4.78 is 0. The molecule has 1 aromatic carbocycles. The highest BCUT2D eigenvalue weighted by Crippen LogP contribution is 2.17. The number of carbonyl (C=O) groups excluding carboxylic acids is 1. The van der Waals surface area contributed by atoms with Crippen molar-refractivity contribution in [1.82, 2.24) is 9.80 Å². The molecule has 3 nitrogen and oxygen atoms in total. The Bertz CT molecular complexity index is 397. The van der Waals surface area contributed by atoms with Crippen molar-refractivity contribution < 1.29 is 4.79 Å². The van der Waals surface area contributed by atoms with Gasteiger partial charge < -0.3 is 9.80 Å². The third-order valence-electron chi connectivity index (χ3n) is 3.32. The van der Waals surface area contributed by atoms with Gasteiger partial charge in [-0.3, -0.25) is 0 Å². The fourth-order valence-corrected chi connectivity index (χ4v) is 2.08. The zero-order chi connectivity index (χ0) is 12.4. The van der Waals surface area contributed by atoms with E-state index in [1.165, 1.54) is 11.1 Å². The van der Waals surface area contributed by atoms with Crippen LogP contribution in [0.5, 0.6) is 0 Å². The topological polar surface area (TPSA) is 23.6 Å². The molecule has 17 heavy (non-hydrogen) atoms. The van der Waals surface area contributed by atoms with E-state index in [1.807, 2.05) is 11.9 Å². The molecule has 0 aromatic heterocycles. The molecule has 2 amide bonds. The molecule has 0 radical (unpaired) electrons. The summed E-state index contributed by atoms with van der Waals surface area (Å²) in [7, 11) is 1.85. The van der Waals surface area contributed by atoms with Crippen LogP contribution < -0.4 is 0 Å². The molecule has 0 aliphatic carbocycles. The van der Waals surface area contributed by atoms with Gasteiger partial charge >= 0.3 is 6.03 Å². The van der Waals surface area contributed by atoms with E-state index in [0.29, 0.717) is 5.92 Å². The molecule has 1 heterocycles. The SMILES string of the molecule is CC(C)c1ccc(CN2CCN(C)C2=O)cc1. The van der Waals surface area contributed by atoms with Crippen LogP contribution in [0.25, 0.3) is 0 Å². The Kier molecular flexibility index (Phi) is 3.36. The van der Waals surface area contributed by atoms with E-state index < -0.39 is 0 Å². The summed E-state index contributed by atoms with van der Waals surface area (Å²) in [5.74, 6) is 0.559. The fourth-order valence-electron chi connectivity index (χ4n) is 2.08. The highest BCUT2D eigenvalue weighted by molar-refractivity contribution is 5.76. The molecule has 0 bridgehead atoms. The van der Waals surface area contributed by atoms with Gasteiger partial charge in [-0.15, -0.1) is 0 Å². The molecular formula is C14H20N2O. The Morgan fingerprint density at radius 2 is 1.82 bits per heavy atom. The van der Waals surface area contributed by atoms with Crippen LogP contribution in [0.4, 0.5) is 4.79 Å². The molecule has 2 rings (SSSR count). The first-order chi connectivity index (χ1) is 8.08. The maximum atomic E-state index is 11.7. The second-order valence-electron chi connectivity index (χ2n) is 5.02. The molecule has 1 fully saturated rings. The minimum Gasteiger partial charge on any atom is -0.326 e. The van der Waals surface area contributed by atoms with Crippen LogP contribution >= 0.6 is 0 Å². The van der Waals surface area contributed by atoms with Gasteiger partial charge in [-0.25, -0.2) is 4.79 Å². The molecule has 0 unspecified atom stereocenters. The molecule has 92 valence electrons. The van der Waals surface area contributed by atoms with E-state index >= 15 is 0 Å². The second-order valence-corrected chi connectivity index (χ2v) is 5.02. The van der Waals surface area contributed by atoms with Crippen molar-refractivity contribution in [2.75, 3.05) is 20.1 Å². The highest BCUT2D eigenvalue weighted by atomic mass is 16.2. The van der Waals surface area contributed by atoms with E-state index in [-0.39, 0.29) is 6.03 Å². The Labute approximate surface area is 103 Å². The van der Waals surface area contributed by atoms with E-state index in [0.717, 1.165) is 19.6 Å². The quantitative estimate of drug-likeness (QED) is 0.786. The minimum atomic E-state index is 0.137. The van der Waals surface area contributed by atoms with Gasteiger partial charge in [0.2, 0.25) is 0 Å². The van der Waals surface area contributed by atoms with Gasteiger partial charge in [0.25, 0.3) is 0 Å². The number of urea groups is 1. The van der Waals surface area contributed by atoms with Crippen LogP contribution in [-0.2, 0) is 6.54 Å². The smallest absolute Gasteiger partial charge is 0.320 e. The molecule has 0 saturated carbocycles. The molecule has 1 aliphatic heterocycles. The van der Waals surface area contributed by atoms with Gasteiger partial charge in [0.15, 0.2) is 0 Å². The van der Waals surface area contributed by atoms with Gasteiger partial charge in [-0.05, 0) is 17.0 Å². The first-order valence-corrected chi connectivity index (χ1v) is 6.17. The number of hydrogen-bond donors (Lipinski definition) is 0. The van der Waals surface area contributed by atoms with Crippen LogP contribution in [0.15, 0.2) is 24.3 Å². The number of rotatable bonds is 3. The summed E-state index contributed by atoms with van der Waals surface area (Å²) >= 11 is 0. The molecule has 0 spiro atoms. The van der Waals surface area contributed by atoms with Gasteiger partial charge in [0.05, 0.1) is 0 Å². The van der Waals surface area contributed by atoms with Crippen molar-refractivity contribution in [2.24, 2.45) is 0 Å². The number of amides is 2. The molecule has 1 saturated heterocycles. The summed E-state index contributed by atoms with van der Waals surface area (Å²) in [5, 5.41) is 0. The zero-order valence-corrected chi connectivity index (χ0v) is 10.8. The molecule has 3 heteroatoms. The molecular weight excluding hydrogens is 212 g/mol. The van der Waals surface area contributed by atoms with E-state index in [2.05, 4.69) is 38.1 Å². The molecule has 0 N–H and O–H groups in total. The number of nitrogens with zero attached hydrogens (tertiary/aromatic N) is 2. The van der Waals surface area contributed by atoms with Crippen LogP contribution in [0.3, 0.4) is 0 Å². The van der Waals surface area contributed by atoms with Crippen molar-refractivity contribution >= 4 is 6.03 Å². The van der Waals surface area contributed by atoms with Gasteiger partial charge in [-0.2, -0.15) is 0 Å². The Balaban J connectivity index is 2.02. The largest absolute Gasteiger partial charge is 0.326 e. The van der Waals surface area contributed by atoms with E-state index in [1.54, 1.807) is 4.90 Å². The van der Waals surface area contributed by atoms with Crippen molar-refractivity contribution in [2.45, 2.75) is 26.3 Å². The number of likely N-dealkylation sites (N-methyl/N-ethyl adjacent to an activating group) is 1. The number of benzene rings is 1. The first-order valence-electron chi connectivity index (χ1n) is 6.17. The Morgan fingerprint density at radius 3 is 2.29 bits per heavy atom. The highest BCUT2D eigenvalue weighted by Gasteiger charge is 2.24. The maximum Gasteiger partial charge on any atom is 0.320 e. The lowest BCUT2D eigenvalue weighted by Gasteiger charge is -2.16. The van der Waals surface area contributed by atoms with Crippen LogP contribution in [-0.4, -0.2) is 36.0 Å². The summed E-state index contributed by atoms with van der Waals surface area (Å²) in [5.41, 5.74) is 2.55. The Hall–Kier alpha value is -1.51. The third kappa shape index (κ3) is 2.60. The standard InChI is InChI=1S/C14H20N2O/c1-11(2)13-6-4-12(5-7-13)10-16-9-8-15(3)14(16)17/h4-7,11H,8-10H2,1-3H3. The lowest BCUT2D eigenvalue weighted by atomic mass is 10.0. The molecule has 1 aliphatic rings. The predicted octanol–water partition coefficient (Wildman–Crippen LogP) is 2.68. The van der Waals surface area contributed by atoms with Crippen molar-refractivity contribution in [3.8, 4) is 0 Å². The van der Waals surface area contributed by atoms with Crippen molar-refractivity contribution in [1.29, 1.82) is 0 Å². The van der Waals surface area contributed by atoms with E-state index in [9.17, 15) is 4.79 Å². The Morgan fingerprint density at radius 1 is 1.18 bits per heavy atom.